The summed E-state index contributed by atoms with van der Waals surface area (Å²) in [6.07, 6.45) is -0.625. The molecule has 1 aliphatic heterocycles. The Bertz CT molecular complexity index is 678. The van der Waals surface area contributed by atoms with Crippen molar-refractivity contribution in [3.8, 4) is 11.4 Å². The van der Waals surface area contributed by atoms with Crippen molar-refractivity contribution in [1.82, 2.24) is 15.4 Å². The molecule has 2 aromatic rings. The van der Waals surface area contributed by atoms with Gasteiger partial charge in [-0.3, -0.25) is 5.43 Å². The maximum Gasteiger partial charge on any atom is 0.171 e. The van der Waals surface area contributed by atoms with Crippen molar-refractivity contribution < 1.29 is 8.78 Å². The zero-order valence-electron chi connectivity index (χ0n) is 9.61. The number of rotatable bonds is 1. The summed E-state index contributed by atoms with van der Waals surface area (Å²) in [6.45, 7) is 0. The van der Waals surface area contributed by atoms with Crippen LogP contribution in [0.2, 0.25) is 0 Å². The number of benzene rings is 1. The molecule has 19 heavy (non-hydrogen) atoms. The van der Waals surface area contributed by atoms with Crippen molar-refractivity contribution in [2.75, 3.05) is 0 Å². The number of nitrogens with zero attached hydrogens (tertiary/aromatic N) is 2. The third kappa shape index (κ3) is 1.73. The van der Waals surface area contributed by atoms with Gasteiger partial charge in [0.1, 0.15) is 17.7 Å². The maximum absolute atomic E-state index is 13.7. The first-order valence-electron chi connectivity index (χ1n) is 5.47. The van der Waals surface area contributed by atoms with E-state index in [1.54, 1.807) is 0 Å². The Balaban J connectivity index is 2.16. The molecule has 3 rings (SSSR count). The van der Waals surface area contributed by atoms with Crippen LogP contribution < -0.4 is 16.9 Å². The SMILES string of the molecule is NC1=NNC(N)c2[nH]c(-c3cccc(F)c3F)nc21. The molecule has 0 amide bonds. The number of aromatic nitrogens is 2. The summed E-state index contributed by atoms with van der Waals surface area (Å²) in [5.74, 6) is -1.64. The lowest BCUT2D eigenvalue weighted by atomic mass is 10.2. The topological polar surface area (TPSA) is 105 Å². The van der Waals surface area contributed by atoms with Crippen LogP contribution in [-0.2, 0) is 0 Å². The average Bonchev–Trinajstić information content (AvgIpc) is 2.83. The van der Waals surface area contributed by atoms with E-state index in [1.165, 1.54) is 12.1 Å². The number of hydrogen-bond acceptors (Lipinski definition) is 5. The minimum atomic E-state index is -0.981. The molecule has 8 heteroatoms. The van der Waals surface area contributed by atoms with Crippen molar-refractivity contribution in [3.63, 3.8) is 0 Å². The fraction of sp³-hybridized carbons (Fsp3) is 0.0909. The second kappa shape index (κ2) is 4.02. The summed E-state index contributed by atoms with van der Waals surface area (Å²) < 4.78 is 26.9. The zero-order valence-corrected chi connectivity index (χ0v) is 9.61. The van der Waals surface area contributed by atoms with Crippen molar-refractivity contribution in [2.24, 2.45) is 16.6 Å². The number of nitrogens with two attached hydrogens (primary N) is 2. The zero-order chi connectivity index (χ0) is 13.6. The predicted octanol–water partition coefficient (Wildman–Crippen LogP) is 0.536. The first-order chi connectivity index (χ1) is 9.08. The molecule has 98 valence electrons. The molecule has 1 aromatic carbocycles. The number of fused-ring (bicyclic) bond motifs is 1. The van der Waals surface area contributed by atoms with E-state index < -0.39 is 17.8 Å². The van der Waals surface area contributed by atoms with Crippen molar-refractivity contribution >= 4 is 5.84 Å². The predicted molar refractivity (Wildman–Crippen MR) is 64.7 cm³/mol. The van der Waals surface area contributed by atoms with Gasteiger partial charge in [0.2, 0.25) is 0 Å². The molecule has 1 aromatic heterocycles. The van der Waals surface area contributed by atoms with Crippen molar-refractivity contribution in [3.05, 3.63) is 41.2 Å². The van der Waals surface area contributed by atoms with E-state index in [-0.39, 0.29) is 17.2 Å². The van der Waals surface area contributed by atoms with E-state index in [2.05, 4.69) is 20.5 Å². The van der Waals surface area contributed by atoms with Crippen molar-refractivity contribution in [1.29, 1.82) is 0 Å². The van der Waals surface area contributed by atoms with Gasteiger partial charge in [-0.25, -0.2) is 13.8 Å². The Kier molecular flexibility index (Phi) is 2.46. The van der Waals surface area contributed by atoms with E-state index in [1.807, 2.05) is 0 Å². The smallest absolute Gasteiger partial charge is 0.171 e. The van der Waals surface area contributed by atoms with Gasteiger partial charge in [0, 0.05) is 0 Å². The Morgan fingerprint density at radius 3 is 2.79 bits per heavy atom. The molecule has 6 N–H and O–H groups in total. The molecule has 2 heterocycles. The standard InChI is InChI=1S/C11H10F2N6/c12-5-3-1-2-4(6(5)13)11-16-7-8(17-11)10(15)19-18-9(7)14/h1-3,9,18H,14H2,(H2,15,19)(H,16,17). The molecule has 6 nitrogen and oxygen atoms in total. The third-order valence-electron chi connectivity index (χ3n) is 2.82. The highest BCUT2D eigenvalue weighted by Crippen LogP contribution is 2.25. The fourth-order valence-corrected chi connectivity index (χ4v) is 1.88. The van der Waals surface area contributed by atoms with Crippen LogP contribution in [0.25, 0.3) is 11.4 Å². The van der Waals surface area contributed by atoms with Gasteiger partial charge in [-0.2, -0.15) is 5.10 Å². The molecule has 0 radical (unpaired) electrons. The second-order valence-electron chi connectivity index (χ2n) is 4.05. The third-order valence-corrected chi connectivity index (χ3v) is 2.82. The first kappa shape index (κ1) is 11.6. The number of amidine groups is 1. The number of imidazole rings is 1. The van der Waals surface area contributed by atoms with Gasteiger partial charge in [-0.1, -0.05) is 6.07 Å². The van der Waals surface area contributed by atoms with Gasteiger partial charge < -0.3 is 16.5 Å². The van der Waals surface area contributed by atoms with E-state index in [4.69, 9.17) is 11.5 Å². The molecule has 1 unspecified atom stereocenters. The molecule has 0 saturated heterocycles. The first-order valence-corrected chi connectivity index (χ1v) is 5.47. The van der Waals surface area contributed by atoms with Gasteiger partial charge in [-0.05, 0) is 12.1 Å². The quantitative estimate of drug-likeness (QED) is 0.603. The van der Waals surface area contributed by atoms with Gasteiger partial charge in [-0.15, -0.1) is 0 Å². The summed E-state index contributed by atoms with van der Waals surface area (Å²) in [5, 5.41) is 3.77. The van der Waals surface area contributed by atoms with Crippen LogP contribution in [-0.4, -0.2) is 15.8 Å². The summed E-state index contributed by atoms with van der Waals surface area (Å²) in [5.41, 5.74) is 14.8. The number of nitrogens with one attached hydrogen (secondary N) is 2. The molecule has 0 bridgehead atoms. The van der Waals surface area contributed by atoms with E-state index in [0.717, 1.165) is 6.07 Å². The number of aromatic amines is 1. The summed E-state index contributed by atoms with van der Waals surface area (Å²) in [7, 11) is 0. The lowest BCUT2D eigenvalue weighted by molar-refractivity contribution is 0.510. The largest absolute Gasteiger partial charge is 0.380 e. The molecule has 0 saturated carbocycles. The molecule has 0 fully saturated rings. The lowest BCUT2D eigenvalue weighted by Gasteiger charge is -2.15. The normalized spacial score (nSPS) is 17.6. The minimum absolute atomic E-state index is 0.00870. The van der Waals surface area contributed by atoms with Crippen LogP contribution in [0.5, 0.6) is 0 Å². The summed E-state index contributed by atoms with van der Waals surface area (Å²) in [4.78, 5) is 6.95. The van der Waals surface area contributed by atoms with Crippen LogP contribution in [0.15, 0.2) is 23.3 Å². The second-order valence-corrected chi connectivity index (χ2v) is 4.05. The van der Waals surface area contributed by atoms with Gasteiger partial charge in [0.15, 0.2) is 17.5 Å². The van der Waals surface area contributed by atoms with Crippen LogP contribution in [0.3, 0.4) is 0 Å². The number of H-pyrrole nitrogens is 1. The molecule has 1 atom stereocenters. The monoisotopic (exact) mass is 264 g/mol. The number of halogens is 2. The Morgan fingerprint density at radius 2 is 2.05 bits per heavy atom. The van der Waals surface area contributed by atoms with E-state index in [9.17, 15) is 8.78 Å². The summed E-state index contributed by atoms with van der Waals surface area (Å²) >= 11 is 0. The number of hydrazone groups is 1. The van der Waals surface area contributed by atoms with Crippen LogP contribution in [0, 0.1) is 11.6 Å². The van der Waals surface area contributed by atoms with E-state index >= 15 is 0 Å². The Hall–Kier alpha value is -2.48. The fourth-order valence-electron chi connectivity index (χ4n) is 1.88. The molecular formula is C11H10F2N6. The van der Waals surface area contributed by atoms with Gasteiger partial charge in [0.05, 0.1) is 11.3 Å². The molecule has 1 aliphatic rings. The molecular weight excluding hydrogens is 254 g/mol. The maximum atomic E-state index is 13.7. The highest BCUT2D eigenvalue weighted by molar-refractivity contribution is 5.98. The van der Waals surface area contributed by atoms with Crippen LogP contribution >= 0.6 is 0 Å². The van der Waals surface area contributed by atoms with Crippen molar-refractivity contribution in [2.45, 2.75) is 6.17 Å². The molecule has 0 aliphatic carbocycles. The lowest BCUT2D eigenvalue weighted by Crippen LogP contribution is -2.34. The van der Waals surface area contributed by atoms with Gasteiger partial charge in [0.25, 0.3) is 0 Å². The Labute approximate surface area is 106 Å². The van der Waals surface area contributed by atoms with Crippen LogP contribution in [0.4, 0.5) is 8.78 Å². The molecule has 0 spiro atoms. The Morgan fingerprint density at radius 1 is 1.26 bits per heavy atom. The highest BCUT2D eigenvalue weighted by atomic mass is 19.2. The average molecular weight is 264 g/mol. The minimum Gasteiger partial charge on any atom is -0.380 e. The van der Waals surface area contributed by atoms with Crippen LogP contribution in [0.1, 0.15) is 17.6 Å². The van der Waals surface area contributed by atoms with Gasteiger partial charge >= 0.3 is 0 Å². The summed E-state index contributed by atoms with van der Waals surface area (Å²) in [6, 6.07) is 3.84. The number of hydrogen-bond donors (Lipinski definition) is 4. The highest BCUT2D eigenvalue weighted by Gasteiger charge is 2.24. The van der Waals surface area contributed by atoms with E-state index in [0.29, 0.717) is 11.4 Å².